The van der Waals surface area contributed by atoms with Gasteiger partial charge in [-0.25, -0.2) is 5.43 Å². The van der Waals surface area contributed by atoms with E-state index in [-0.39, 0.29) is 18.4 Å². The Bertz CT molecular complexity index is 888. The molecule has 1 aromatic carbocycles. The normalized spacial score (nSPS) is 11.2. The van der Waals surface area contributed by atoms with E-state index in [1.807, 2.05) is 44.4 Å². The van der Waals surface area contributed by atoms with Crippen LogP contribution in [0.4, 0.5) is 0 Å². The zero-order chi connectivity index (χ0) is 20.1. The van der Waals surface area contributed by atoms with Gasteiger partial charge in [0.1, 0.15) is 6.42 Å². The van der Waals surface area contributed by atoms with E-state index in [2.05, 4.69) is 15.8 Å². The molecule has 6 nitrogen and oxygen atoms in total. The maximum Gasteiger partial charge on any atom is 0.249 e. The lowest BCUT2D eigenvalue weighted by Crippen LogP contribution is -2.34. The van der Waals surface area contributed by atoms with Gasteiger partial charge >= 0.3 is 0 Å². The fraction of sp³-hybridized carbons (Fsp3) is 0.316. The molecule has 27 heavy (non-hydrogen) atoms. The van der Waals surface area contributed by atoms with Crippen molar-refractivity contribution in [3.05, 3.63) is 51.3 Å². The van der Waals surface area contributed by atoms with Crippen molar-refractivity contribution in [2.24, 2.45) is 5.10 Å². The molecule has 0 saturated carbocycles. The minimum Gasteiger partial charge on any atom is -0.353 e. The summed E-state index contributed by atoms with van der Waals surface area (Å²) >= 11 is 12.3. The molecule has 0 aliphatic heterocycles. The number of hydrogen-bond acceptors (Lipinski definition) is 3. The van der Waals surface area contributed by atoms with Crippen molar-refractivity contribution in [1.29, 1.82) is 0 Å². The second kappa shape index (κ2) is 9.06. The highest BCUT2D eigenvalue weighted by Crippen LogP contribution is 2.28. The van der Waals surface area contributed by atoms with E-state index in [0.29, 0.717) is 10.0 Å². The van der Waals surface area contributed by atoms with Gasteiger partial charge < -0.3 is 9.88 Å². The maximum atomic E-state index is 11.8. The number of hydrogen-bond donors (Lipinski definition) is 2. The second-order valence-corrected chi connectivity index (χ2v) is 7.29. The molecule has 0 aliphatic rings. The molecule has 0 fully saturated rings. The van der Waals surface area contributed by atoms with Crippen LogP contribution in [0.5, 0.6) is 0 Å². The Kier molecular flexibility index (Phi) is 7.05. The van der Waals surface area contributed by atoms with Crippen LogP contribution in [0.3, 0.4) is 0 Å². The van der Waals surface area contributed by atoms with E-state index in [1.54, 1.807) is 18.3 Å². The van der Waals surface area contributed by atoms with Crippen LogP contribution in [-0.2, 0) is 9.59 Å². The van der Waals surface area contributed by atoms with Gasteiger partial charge in [-0.3, -0.25) is 9.59 Å². The van der Waals surface area contributed by atoms with Gasteiger partial charge in [-0.15, -0.1) is 0 Å². The highest BCUT2D eigenvalue weighted by Gasteiger charge is 2.13. The van der Waals surface area contributed by atoms with Crippen LogP contribution < -0.4 is 10.7 Å². The Labute approximate surface area is 168 Å². The average molecular weight is 409 g/mol. The lowest BCUT2D eigenvalue weighted by Gasteiger charge is -2.11. The van der Waals surface area contributed by atoms with Gasteiger partial charge in [0.25, 0.3) is 0 Å². The van der Waals surface area contributed by atoms with Crippen molar-refractivity contribution in [3.63, 3.8) is 0 Å². The minimum atomic E-state index is -0.473. The summed E-state index contributed by atoms with van der Waals surface area (Å²) in [5, 5.41) is 7.71. The third-order valence-electron chi connectivity index (χ3n) is 3.78. The molecule has 2 aromatic rings. The molecule has 1 aromatic heterocycles. The average Bonchev–Trinajstić information content (AvgIpc) is 2.81. The summed E-state index contributed by atoms with van der Waals surface area (Å²) in [4.78, 5) is 23.3. The lowest BCUT2D eigenvalue weighted by atomic mass is 10.2. The Hall–Kier alpha value is -2.31. The quantitative estimate of drug-likeness (QED) is 0.433. The monoisotopic (exact) mass is 408 g/mol. The van der Waals surface area contributed by atoms with E-state index >= 15 is 0 Å². The van der Waals surface area contributed by atoms with Crippen molar-refractivity contribution in [1.82, 2.24) is 15.3 Å². The van der Waals surface area contributed by atoms with Crippen LogP contribution in [0.25, 0.3) is 5.69 Å². The smallest absolute Gasteiger partial charge is 0.249 e. The number of aryl methyl sites for hydroxylation is 1. The first-order valence-electron chi connectivity index (χ1n) is 8.44. The number of hydrazone groups is 1. The van der Waals surface area contributed by atoms with Gasteiger partial charge in [0.2, 0.25) is 11.8 Å². The number of carbonyl (C=O) groups is 2. The van der Waals surface area contributed by atoms with Crippen molar-refractivity contribution in [2.45, 2.75) is 40.2 Å². The number of carbonyl (C=O) groups excluding carboxylic acids is 2. The lowest BCUT2D eigenvalue weighted by molar-refractivity contribution is -0.129. The summed E-state index contributed by atoms with van der Waals surface area (Å²) in [7, 11) is 0. The third-order valence-corrected chi connectivity index (χ3v) is 4.32. The number of benzene rings is 1. The Morgan fingerprint density at radius 2 is 1.89 bits per heavy atom. The standard InChI is InChI=1S/C19H22Cl2N4O2/c1-11(2)23-18(26)9-19(27)24-22-10-14-7-12(3)25(13(14)4)17-6-5-15(20)8-16(17)21/h5-8,10-11H,9H2,1-4H3,(H,23,26)(H,24,27)/b22-10+. The van der Waals surface area contributed by atoms with Crippen LogP contribution in [0.1, 0.15) is 37.2 Å². The Morgan fingerprint density at radius 3 is 2.52 bits per heavy atom. The molecule has 0 atom stereocenters. The summed E-state index contributed by atoms with van der Waals surface area (Å²) < 4.78 is 1.98. The number of aromatic nitrogens is 1. The fourth-order valence-electron chi connectivity index (χ4n) is 2.68. The summed E-state index contributed by atoms with van der Waals surface area (Å²) in [6.45, 7) is 7.54. The molecule has 2 rings (SSSR count). The Morgan fingerprint density at radius 1 is 1.19 bits per heavy atom. The molecule has 1 heterocycles. The van der Waals surface area contributed by atoms with Crippen LogP contribution in [0.15, 0.2) is 29.4 Å². The van der Waals surface area contributed by atoms with E-state index in [0.717, 1.165) is 22.6 Å². The van der Waals surface area contributed by atoms with Crippen LogP contribution in [-0.4, -0.2) is 28.6 Å². The molecule has 0 radical (unpaired) electrons. The summed E-state index contributed by atoms with van der Waals surface area (Å²) in [5.41, 5.74) is 5.87. The van der Waals surface area contributed by atoms with Gasteiger partial charge in [0, 0.05) is 28.0 Å². The van der Waals surface area contributed by atoms with Crippen molar-refractivity contribution in [2.75, 3.05) is 0 Å². The Balaban J connectivity index is 2.11. The van der Waals surface area contributed by atoms with Gasteiger partial charge in [-0.05, 0) is 52.0 Å². The predicted molar refractivity (Wildman–Crippen MR) is 109 cm³/mol. The summed E-state index contributed by atoms with van der Waals surface area (Å²) in [6, 6.07) is 7.23. The number of amides is 2. The van der Waals surface area contributed by atoms with Crippen LogP contribution in [0, 0.1) is 13.8 Å². The van der Waals surface area contributed by atoms with Crippen molar-refractivity contribution >= 4 is 41.2 Å². The molecule has 2 amide bonds. The number of nitrogens with zero attached hydrogens (tertiary/aromatic N) is 2. The molecule has 0 saturated heterocycles. The molecule has 0 bridgehead atoms. The van der Waals surface area contributed by atoms with Crippen molar-refractivity contribution < 1.29 is 9.59 Å². The van der Waals surface area contributed by atoms with Gasteiger partial charge in [-0.2, -0.15) is 5.10 Å². The first kappa shape index (κ1) is 21.0. The molecule has 2 N–H and O–H groups in total. The molecular weight excluding hydrogens is 387 g/mol. The molecule has 0 spiro atoms. The third kappa shape index (κ3) is 5.58. The predicted octanol–water partition coefficient (Wildman–Crippen LogP) is 3.77. The molecule has 0 aliphatic carbocycles. The van der Waals surface area contributed by atoms with E-state index < -0.39 is 5.91 Å². The zero-order valence-electron chi connectivity index (χ0n) is 15.6. The van der Waals surface area contributed by atoms with E-state index in [9.17, 15) is 9.59 Å². The topological polar surface area (TPSA) is 75.5 Å². The van der Waals surface area contributed by atoms with Crippen molar-refractivity contribution in [3.8, 4) is 5.69 Å². The van der Waals surface area contributed by atoms with Gasteiger partial charge in [0.05, 0.1) is 16.9 Å². The largest absolute Gasteiger partial charge is 0.353 e. The molecule has 144 valence electrons. The minimum absolute atomic E-state index is 0.0149. The van der Waals surface area contributed by atoms with E-state index in [4.69, 9.17) is 23.2 Å². The SMILES string of the molecule is Cc1cc(/C=N/NC(=O)CC(=O)NC(C)C)c(C)n1-c1ccc(Cl)cc1Cl. The van der Waals surface area contributed by atoms with E-state index in [1.165, 1.54) is 0 Å². The number of halogens is 2. The molecule has 8 heteroatoms. The first-order chi connectivity index (χ1) is 12.7. The highest BCUT2D eigenvalue weighted by molar-refractivity contribution is 6.35. The molecular formula is C19H22Cl2N4O2. The van der Waals surface area contributed by atoms with Gasteiger partial charge in [0.15, 0.2) is 0 Å². The first-order valence-corrected chi connectivity index (χ1v) is 9.20. The van der Waals surface area contributed by atoms with Crippen LogP contribution >= 0.6 is 23.2 Å². The molecule has 0 unspecified atom stereocenters. The maximum absolute atomic E-state index is 11.8. The second-order valence-electron chi connectivity index (χ2n) is 6.45. The fourth-order valence-corrected chi connectivity index (χ4v) is 3.18. The number of rotatable bonds is 6. The summed E-state index contributed by atoms with van der Waals surface area (Å²) in [5.74, 6) is -0.813. The van der Waals surface area contributed by atoms with Crippen LogP contribution in [0.2, 0.25) is 10.0 Å². The number of nitrogens with one attached hydrogen (secondary N) is 2. The highest BCUT2D eigenvalue weighted by atomic mass is 35.5. The zero-order valence-corrected chi connectivity index (χ0v) is 17.1. The summed E-state index contributed by atoms with van der Waals surface area (Å²) in [6.07, 6.45) is 1.27. The van der Waals surface area contributed by atoms with Gasteiger partial charge in [-0.1, -0.05) is 23.2 Å².